The molecule has 1 aromatic rings. The van der Waals surface area contributed by atoms with Gasteiger partial charge in [-0.25, -0.2) is 0 Å². The van der Waals surface area contributed by atoms with Crippen molar-refractivity contribution in [1.82, 2.24) is 10.6 Å². The van der Waals surface area contributed by atoms with Gasteiger partial charge in [0.15, 0.2) is 5.96 Å². The first-order valence-electron chi connectivity index (χ1n) is 7.38. The number of halogens is 2. The lowest BCUT2D eigenvalue weighted by Gasteiger charge is -2.16. The van der Waals surface area contributed by atoms with Crippen LogP contribution in [0.4, 0.5) is 4.39 Å². The number of nitrogens with zero attached hydrogens (tertiary/aromatic N) is 1. The number of hydrogen-bond acceptors (Lipinski definition) is 2. The van der Waals surface area contributed by atoms with Crippen molar-refractivity contribution in [2.75, 3.05) is 33.4 Å². The number of nitrogens with one attached hydrogen (secondary N) is 2. The van der Waals surface area contributed by atoms with Crippen molar-refractivity contribution in [3.63, 3.8) is 0 Å². The molecule has 1 rings (SSSR count). The third-order valence-corrected chi connectivity index (χ3v) is 2.96. The fourth-order valence-corrected chi connectivity index (χ4v) is 1.78. The summed E-state index contributed by atoms with van der Waals surface area (Å²) in [4.78, 5) is 4.09. The first kappa shape index (κ1) is 21.1. The molecule has 4 nitrogen and oxygen atoms in total. The van der Waals surface area contributed by atoms with E-state index in [-0.39, 0.29) is 30.7 Å². The van der Waals surface area contributed by atoms with E-state index in [4.69, 9.17) is 4.74 Å². The molecule has 6 heteroatoms. The van der Waals surface area contributed by atoms with E-state index in [1.165, 1.54) is 5.56 Å². The summed E-state index contributed by atoms with van der Waals surface area (Å²) in [5, 5.41) is 6.28. The molecule has 0 saturated heterocycles. The second-order valence-electron chi connectivity index (χ2n) is 5.03. The highest BCUT2D eigenvalue weighted by atomic mass is 127. The van der Waals surface area contributed by atoms with Crippen LogP contribution < -0.4 is 10.6 Å². The normalized spacial score (nSPS) is 12.4. The monoisotopic (exact) mass is 423 g/mol. The molecule has 0 heterocycles. The zero-order valence-corrected chi connectivity index (χ0v) is 15.7. The third kappa shape index (κ3) is 9.94. The fourth-order valence-electron chi connectivity index (χ4n) is 1.78. The van der Waals surface area contributed by atoms with E-state index in [0.717, 1.165) is 6.54 Å². The molecule has 0 radical (unpaired) electrons. The SMILES string of the molecule is CN=C(NCCCF)NCC(C)COCc1ccccc1.I. The minimum absolute atomic E-state index is 0. The van der Waals surface area contributed by atoms with Gasteiger partial charge in [-0.2, -0.15) is 0 Å². The number of benzene rings is 1. The van der Waals surface area contributed by atoms with Crippen LogP contribution in [0.2, 0.25) is 0 Å². The Bertz CT molecular complexity index is 404. The van der Waals surface area contributed by atoms with Gasteiger partial charge in [-0.05, 0) is 17.9 Å². The Morgan fingerprint density at radius 1 is 1.27 bits per heavy atom. The van der Waals surface area contributed by atoms with Crippen LogP contribution in [-0.2, 0) is 11.3 Å². The third-order valence-electron chi connectivity index (χ3n) is 2.96. The number of rotatable bonds is 9. The lowest BCUT2D eigenvalue weighted by molar-refractivity contribution is 0.0931. The zero-order valence-electron chi connectivity index (χ0n) is 13.3. The van der Waals surface area contributed by atoms with E-state index in [1.807, 2.05) is 18.2 Å². The van der Waals surface area contributed by atoms with Gasteiger partial charge in [0.2, 0.25) is 0 Å². The molecule has 2 N–H and O–H groups in total. The Kier molecular flexibility index (Phi) is 13.2. The van der Waals surface area contributed by atoms with Gasteiger partial charge >= 0.3 is 0 Å². The van der Waals surface area contributed by atoms with Gasteiger partial charge in [0.05, 0.1) is 19.9 Å². The van der Waals surface area contributed by atoms with Crippen molar-refractivity contribution in [3.05, 3.63) is 35.9 Å². The van der Waals surface area contributed by atoms with Crippen molar-refractivity contribution in [2.24, 2.45) is 10.9 Å². The van der Waals surface area contributed by atoms with Crippen LogP contribution in [0.25, 0.3) is 0 Å². The highest BCUT2D eigenvalue weighted by Gasteiger charge is 2.04. The number of hydrogen-bond donors (Lipinski definition) is 2. The first-order chi connectivity index (χ1) is 10.3. The molecule has 0 saturated carbocycles. The molecule has 1 atom stereocenters. The van der Waals surface area contributed by atoms with Gasteiger partial charge < -0.3 is 15.4 Å². The van der Waals surface area contributed by atoms with Gasteiger partial charge in [-0.1, -0.05) is 37.3 Å². The molecule has 0 aliphatic rings. The second kappa shape index (κ2) is 13.8. The van der Waals surface area contributed by atoms with E-state index < -0.39 is 0 Å². The van der Waals surface area contributed by atoms with Crippen LogP contribution in [-0.4, -0.2) is 39.4 Å². The highest BCUT2D eigenvalue weighted by Crippen LogP contribution is 2.02. The largest absolute Gasteiger partial charge is 0.376 e. The summed E-state index contributed by atoms with van der Waals surface area (Å²) >= 11 is 0. The number of aliphatic imine (C=N–C) groups is 1. The minimum Gasteiger partial charge on any atom is -0.376 e. The van der Waals surface area contributed by atoms with E-state index >= 15 is 0 Å². The van der Waals surface area contributed by atoms with Crippen LogP contribution in [0, 0.1) is 5.92 Å². The molecule has 1 aromatic carbocycles. The molecule has 0 aliphatic carbocycles. The number of ether oxygens (including phenoxy) is 1. The quantitative estimate of drug-likeness (QED) is 0.278. The molecule has 126 valence electrons. The van der Waals surface area contributed by atoms with Gasteiger partial charge in [0.25, 0.3) is 0 Å². The molecular formula is C16H27FIN3O. The average Bonchev–Trinajstić information content (AvgIpc) is 2.52. The lowest BCUT2D eigenvalue weighted by atomic mass is 10.2. The van der Waals surface area contributed by atoms with Crippen molar-refractivity contribution in [1.29, 1.82) is 0 Å². The summed E-state index contributed by atoms with van der Waals surface area (Å²) < 4.78 is 17.7. The highest BCUT2D eigenvalue weighted by molar-refractivity contribution is 14.0. The first-order valence-corrected chi connectivity index (χ1v) is 7.38. The molecule has 0 fully saturated rings. The van der Waals surface area contributed by atoms with E-state index in [0.29, 0.717) is 38.1 Å². The Hall–Kier alpha value is -0.890. The Balaban J connectivity index is 0.00000441. The zero-order chi connectivity index (χ0) is 15.3. The smallest absolute Gasteiger partial charge is 0.190 e. The summed E-state index contributed by atoms with van der Waals surface area (Å²) in [5.74, 6) is 1.08. The molecule has 0 aromatic heterocycles. The molecule has 1 unspecified atom stereocenters. The predicted molar refractivity (Wildman–Crippen MR) is 101 cm³/mol. The van der Waals surface area contributed by atoms with E-state index in [2.05, 4.69) is 34.7 Å². The lowest BCUT2D eigenvalue weighted by Crippen LogP contribution is -2.40. The van der Waals surface area contributed by atoms with Crippen LogP contribution in [0.5, 0.6) is 0 Å². The summed E-state index contributed by atoms with van der Waals surface area (Å²) in [6.45, 7) is 4.48. The van der Waals surface area contributed by atoms with E-state index in [1.54, 1.807) is 7.05 Å². The molecule has 0 bridgehead atoms. The maximum absolute atomic E-state index is 12.0. The van der Waals surface area contributed by atoms with Crippen LogP contribution in [0.3, 0.4) is 0 Å². The second-order valence-corrected chi connectivity index (χ2v) is 5.03. The molecular weight excluding hydrogens is 396 g/mol. The molecule has 0 amide bonds. The van der Waals surface area contributed by atoms with Crippen LogP contribution >= 0.6 is 24.0 Å². The fraction of sp³-hybridized carbons (Fsp3) is 0.562. The number of guanidine groups is 1. The Labute approximate surface area is 149 Å². The van der Waals surface area contributed by atoms with Gasteiger partial charge in [0.1, 0.15) is 0 Å². The molecule has 22 heavy (non-hydrogen) atoms. The maximum Gasteiger partial charge on any atom is 0.190 e. The van der Waals surface area contributed by atoms with Crippen molar-refractivity contribution < 1.29 is 9.13 Å². The van der Waals surface area contributed by atoms with Crippen molar-refractivity contribution in [2.45, 2.75) is 20.0 Å². The van der Waals surface area contributed by atoms with Gasteiger partial charge in [0, 0.05) is 20.1 Å². The van der Waals surface area contributed by atoms with Gasteiger partial charge in [-0.15, -0.1) is 24.0 Å². The summed E-state index contributed by atoms with van der Waals surface area (Å²) in [6, 6.07) is 10.1. The summed E-state index contributed by atoms with van der Waals surface area (Å²) in [6.07, 6.45) is 0.496. The molecule has 0 spiro atoms. The maximum atomic E-state index is 12.0. The number of alkyl halides is 1. The summed E-state index contributed by atoms with van der Waals surface area (Å²) in [5.41, 5.74) is 1.18. The van der Waals surface area contributed by atoms with E-state index in [9.17, 15) is 4.39 Å². The topological polar surface area (TPSA) is 45.7 Å². The van der Waals surface area contributed by atoms with Crippen LogP contribution in [0.15, 0.2) is 35.3 Å². The predicted octanol–water partition coefficient (Wildman–Crippen LogP) is 2.98. The minimum atomic E-state index is -0.312. The van der Waals surface area contributed by atoms with Gasteiger partial charge in [-0.3, -0.25) is 9.38 Å². The van der Waals surface area contributed by atoms with Crippen LogP contribution in [0.1, 0.15) is 18.9 Å². The Morgan fingerprint density at radius 3 is 2.64 bits per heavy atom. The average molecular weight is 423 g/mol. The van der Waals surface area contributed by atoms with Crippen molar-refractivity contribution in [3.8, 4) is 0 Å². The summed E-state index contributed by atoms with van der Waals surface area (Å²) in [7, 11) is 1.71. The molecule has 0 aliphatic heterocycles. The standard InChI is InChI=1S/C16H26FN3O.HI/c1-14(11-20-16(18-2)19-10-6-9-17)12-21-13-15-7-4-3-5-8-15;/h3-5,7-8,14H,6,9-13H2,1-2H3,(H2,18,19,20);1H. The van der Waals surface area contributed by atoms with Crippen molar-refractivity contribution >= 4 is 29.9 Å². The Morgan fingerprint density at radius 2 is 2.00 bits per heavy atom.